The summed E-state index contributed by atoms with van der Waals surface area (Å²) in [5, 5.41) is 4.60. The van der Waals surface area contributed by atoms with Crippen LogP contribution in [0.2, 0.25) is 0 Å². The maximum absolute atomic E-state index is 6.45. The number of hydrogen-bond donors (Lipinski definition) is 0. The van der Waals surface area contributed by atoms with Crippen LogP contribution >= 0.6 is 0 Å². The summed E-state index contributed by atoms with van der Waals surface area (Å²) in [6.45, 7) is 0. The van der Waals surface area contributed by atoms with E-state index in [2.05, 4.69) is 193 Å². The van der Waals surface area contributed by atoms with Crippen molar-refractivity contribution in [2.75, 3.05) is 4.90 Å². The molecule has 0 amide bonds. The lowest BCUT2D eigenvalue weighted by Crippen LogP contribution is -2.17. The molecule has 1 unspecified atom stereocenters. The summed E-state index contributed by atoms with van der Waals surface area (Å²) < 4.78 is 12.9. The lowest BCUT2D eigenvalue weighted by atomic mass is 9.90. The van der Waals surface area contributed by atoms with Crippen LogP contribution in [0.3, 0.4) is 0 Å². The van der Waals surface area contributed by atoms with E-state index in [4.69, 9.17) is 8.83 Å². The molecule has 0 saturated carbocycles. The molecule has 1 aliphatic carbocycles. The second-order valence-corrected chi connectivity index (χ2v) is 14.8. The summed E-state index contributed by atoms with van der Waals surface area (Å²) in [4.78, 5) is 2.36. The Labute approximate surface area is 331 Å². The van der Waals surface area contributed by atoms with E-state index in [0.29, 0.717) is 0 Å². The molecule has 0 bridgehead atoms. The first-order valence-corrected chi connectivity index (χ1v) is 19.6. The van der Waals surface area contributed by atoms with Crippen LogP contribution in [0.1, 0.15) is 17.9 Å². The highest BCUT2D eigenvalue weighted by Crippen LogP contribution is 2.41. The number of para-hydroxylation sites is 4. The molecule has 0 aliphatic heterocycles. The normalized spacial score (nSPS) is 14.1. The van der Waals surface area contributed by atoms with Gasteiger partial charge in [0, 0.05) is 55.7 Å². The standard InChI is InChI=1S/C54H37NO2/c1-2-10-36(11-3-1)37-20-22-38(23-21-37)39-24-30-42(31-25-39)55(43-32-26-40(27-33-43)45-14-8-16-49-47-12-4-6-18-51(47)56-53(45)49)44-34-28-41(29-35-44)46-15-9-17-50-48-13-5-7-19-52(48)57-54(46)50/h1-28,30-35,41H,29H2. The van der Waals surface area contributed by atoms with Gasteiger partial charge in [-0.25, -0.2) is 0 Å². The van der Waals surface area contributed by atoms with E-state index in [0.717, 1.165) is 73.1 Å². The maximum Gasteiger partial charge on any atom is 0.143 e. The molecular weight excluding hydrogens is 695 g/mol. The molecule has 10 aromatic rings. The Bertz CT molecular complexity index is 3130. The number of fused-ring (bicyclic) bond motifs is 6. The molecule has 11 rings (SSSR count). The van der Waals surface area contributed by atoms with Gasteiger partial charge in [0.1, 0.15) is 22.3 Å². The fourth-order valence-corrected chi connectivity index (χ4v) is 8.57. The molecular formula is C54H37NO2. The van der Waals surface area contributed by atoms with Gasteiger partial charge in [-0.15, -0.1) is 0 Å². The van der Waals surface area contributed by atoms with Gasteiger partial charge in [-0.3, -0.25) is 0 Å². The quantitative estimate of drug-likeness (QED) is 0.163. The number of hydrogen-bond acceptors (Lipinski definition) is 3. The van der Waals surface area contributed by atoms with Gasteiger partial charge in [-0.05, 0) is 76.7 Å². The van der Waals surface area contributed by atoms with Crippen molar-refractivity contribution >= 4 is 55.3 Å². The van der Waals surface area contributed by atoms with Crippen LogP contribution < -0.4 is 4.90 Å². The summed E-state index contributed by atoms with van der Waals surface area (Å²) in [5.41, 5.74) is 15.3. The van der Waals surface area contributed by atoms with Crippen LogP contribution in [0.5, 0.6) is 0 Å². The third-order valence-electron chi connectivity index (χ3n) is 11.5. The minimum Gasteiger partial charge on any atom is -0.456 e. The number of allylic oxidation sites excluding steroid dienone is 3. The molecule has 0 spiro atoms. The third-order valence-corrected chi connectivity index (χ3v) is 11.5. The molecule has 1 atom stereocenters. The van der Waals surface area contributed by atoms with Crippen molar-refractivity contribution in [2.24, 2.45) is 0 Å². The minimum atomic E-state index is 0.202. The number of rotatable bonds is 7. The van der Waals surface area contributed by atoms with Crippen molar-refractivity contribution in [3.8, 4) is 33.4 Å². The zero-order valence-electron chi connectivity index (χ0n) is 31.2. The van der Waals surface area contributed by atoms with Crippen LogP contribution in [0.15, 0.2) is 221 Å². The van der Waals surface area contributed by atoms with Crippen molar-refractivity contribution in [2.45, 2.75) is 12.3 Å². The van der Waals surface area contributed by atoms with Crippen molar-refractivity contribution in [3.63, 3.8) is 0 Å². The topological polar surface area (TPSA) is 29.5 Å². The molecule has 2 heterocycles. The lowest BCUT2D eigenvalue weighted by molar-refractivity contribution is 0.657. The highest BCUT2D eigenvalue weighted by atomic mass is 16.3. The Morgan fingerprint density at radius 3 is 1.51 bits per heavy atom. The zero-order valence-corrected chi connectivity index (χ0v) is 31.2. The Kier molecular flexibility index (Phi) is 7.96. The van der Waals surface area contributed by atoms with Gasteiger partial charge in [0.25, 0.3) is 0 Å². The van der Waals surface area contributed by atoms with Crippen LogP contribution in [0, 0.1) is 0 Å². The van der Waals surface area contributed by atoms with Gasteiger partial charge in [0.05, 0.1) is 0 Å². The monoisotopic (exact) mass is 731 g/mol. The lowest BCUT2D eigenvalue weighted by Gasteiger charge is -2.29. The predicted molar refractivity (Wildman–Crippen MR) is 237 cm³/mol. The zero-order chi connectivity index (χ0) is 37.7. The molecule has 0 saturated heterocycles. The molecule has 3 heteroatoms. The fraction of sp³-hybridized carbons (Fsp3) is 0.0370. The van der Waals surface area contributed by atoms with Gasteiger partial charge in [-0.1, -0.05) is 164 Å². The average molecular weight is 732 g/mol. The van der Waals surface area contributed by atoms with Gasteiger partial charge >= 0.3 is 0 Å². The second-order valence-electron chi connectivity index (χ2n) is 14.8. The molecule has 0 fully saturated rings. The second kappa shape index (κ2) is 13.7. The molecule has 270 valence electrons. The fourth-order valence-electron chi connectivity index (χ4n) is 8.57. The van der Waals surface area contributed by atoms with Crippen molar-refractivity contribution in [1.29, 1.82) is 0 Å². The first-order chi connectivity index (χ1) is 28.2. The van der Waals surface area contributed by atoms with E-state index < -0.39 is 0 Å². The molecule has 57 heavy (non-hydrogen) atoms. The smallest absolute Gasteiger partial charge is 0.143 e. The van der Waals surface area contributed by atoms with Gasteiger partial charge in [-0.2, -0.15) is 0 Å². The minimum absolute atomic E-state index is 0.202. The van der Waals surface area contributed by atoms with E-state index >= 15 is 0 Å². The molecule has 1 aliphatic rings. The van der Waals surface area contributed by atoms with Crippen LogP contribution in [0.4, 0.5) is 11.4 Å². The van der Waals surface area contributed by atoms with Crippen LogP contribution in [-0.4, -0.2) is 0 Å². The summed E-state index contributed by atoms with van der Waals surface area (Å²) in [5.74, 6) is 0.202. The Balaban J connectivity index is 0.945. The highest BCUT2D eigenvalue weighted by molar-refractivity contribution is 6.09. The van der Waals surface area contributed by atoms with Crippen molar-refractivity contribution in [1.82, 2.24) is 0 Å². The van der Waals surface area contributed by atoms with E-state index in [9.17, 15) is 0 Å². The molecule has 3 nitrogen and oxygen atoms in total. The van der Waals surface area contributed by atoms with Crippen molar-refractivity contribution < 1.29 is 8.83 Å². The van der Waals surface area contributed by atoms with Crippen LogP contribution in [0.25, 0.3) is 77.3 Å². The summed E-state index contributed by atoms with van der Waals surface area (Å²) in [7, 11) is 0. The number of anilines is 2. The summed E-state index contributed by atoms with van der Waals surface area (Å²) >= 11 is 0. The Morgan fingerprint density at radius 1 is 0.404 bits per heavy atom. The molecule has 0 N–H and O–H groups in total. The first-order valence-electron chi connectivity index (χ1n) is 19.6. The van der Waals surface area contributed by atoms with E-state index in [1.54, 1.807) is 0 Å². The number of furan rings is 2. The molecule has 2 aromatic heterocycles. The van der Waals surface area contributed by atoms with E-state index in [1.807, 2.05) is 18.2 Å². The van der Waals surface area contributed by atoms with Gasteiger partial charge in [0.2, 0.25) is 0 Å². The average Bonchev–Trinajstić information content (AvgIpc) is 3.87. The third kappa shape index (κ3) is 5.84. The number of benzene rings is 8. The summed E-state index contributed by atoms with van der Waals surface area (Å²) in [6, 6.07) is 66.7. The van der Waals surface area contributed by atoms with Crippen molar-refractivity contribution in [3.05, 3.63) is 218 Å². The van der Waals surface area contributed by atoms with Gasteiger partial charge < -0.3 is 13.7 Å². The van der Waals surface area contributed by atoms with Gasteiger partial charge in [0.15, 0.2) is 0 Å². The largest absolute Gasteiger partial charge is 0.456 e. The molecule has 8 aromatic carbocycles. The first kappa shape index (κ1) is 33.0. The molecule has 0 radical (unpaired) electrons. The SMILES string of the molecule is C1=CC(c2cccc3c2oc2ccccc23)CC=C1N(c1ccc(-c2ccc(-c3ccccc3)cc2)cc1)c1ccc(-c2cccc3c2oc2ccccc23)cc1. The summed E-state index contributed by atoms with van der Waals surface area (Å²) in [6.07, 6.45) is 7.83. The van der Waals surface area contributed by atoms with Crippen LogP contribution in [-0.2, 0) is 0 Å². The predicted octanol–water partition coefficient (Wildman–Crippen LogP) is 15.3. The number of nitrogens with zero attached hydrogens (tertiary/aromatic N) is 1. The maximum atomic E-state index is 6.45. The van der Waals surface area contributed by atoms with E-state index in [1.165, 1.54) is 33.2 Å². The Morgan fingerprint density at radius 2 is 0.895 bits per heavy atom. The highest BCUT2D eigenvalue weighted by Gasteiger charge is 2.22. The van der Waals surface area contributed by atoms with E-state index in [-0.39, 0.29) is 5.92 Å². The Hall–Kier alpha value is -7.36.